The smallest absolute Gasteiger partial charge is 0.243 e. The minimum Gasteiger partial charge on any atom is -0.309 e. The summed E-state index contributed by atoms with van der Waals surface area (Å²) in [4.78, 5) is 0.00625. The van der Waals surface area contributed by atoms with Gasteiger partial charge in [0.2, 0.25) is 10.0 Å². The molecule has 0 radical (unpaired) electrons. The lowest BCUT2D eigenvalue weighted by Gasteiger charge is -2.32. The van der Waals surface area contributed by atoms with E-state index in [1.54, 1.807) is 6.92 Å². The highest BCUT2D eigenvalue weighted by Crippen LogP contribution is 2.30. The predicted molar refractivity (Wildman–Crippen MR) is 87.6 cm³/mol. The number of rotatable bonds is 3. The third-order valence-corrected chi connectivity index (χ3v) is 6.26. The van der Waals surface area contributed by atoms with E-state index in [-0.39, 0.29) is 23.4 Å². The first-order valence-corrected chi connectivity index (χ1v) is 9.35. The molecule has 24 heavy (non-hydrogen) atoms. The van der Waals surface area contributed by atoms with Gasteiger partial charge in [-0.2, -0.15) is 4.31 Å². The molecule has 2 heterocycles. The summed E-state index contributed by atoms with van der Waals surface area (Å²) in [6, 6.07) is 3.74. The quantitative estimate of drug-likeness (QED) is 0.851. The van der Waals surface area contributed by atoms with Gasteiger partial charge >= 0.3 is 0 Å². The fraction of sp³-hybridized carbons (Fsp3) is 0.500. The molecule has 1 aliphatic heterocycles. The number of nitrogens with zero attached hydrogens (tertiary/aromatic N) is 4. The highest BCUT2D eigenvalue weighted by molar-refractivity contribution is 7.89. The third-order valence-electron chi connectivity index (χ3n) is 4.30. The van der Waals surface area contributed by atoms with E-state index in [4.69, 9.17) is 0 Å². The molecule has 1 atom stereocenters. The Morgan fingerprint density at radius 3 is 2.67 bits per heavy atom. The summed E-state index contributed by atoms with van der Waals surface area (Å²) in [6.07, 6.45) is 0. The molecule has 1 aromatic heterocycles. The van der Waals surface area contributed by atoms with Gasteiger partial charge in [0.05, 0.1) is 11.4 Å². The zero-order valence-corrected chi connectivity index (χ0v) is 15.0. The maximum Gasteiger partial charge on any atom is 0.243 e. The largest absolute Gasteiger partial charge is 0.309 e. The van der Waals surface area contributed by atoms with E-state index < -0.39 is 15.8 Å². The Balaban J connectivity index is 2.01. The fourth-order valence-electron chi connectivity index (χ4n) is 3.09. The van der Waals surface area contributed by atoms with E-state index in [2.05, 4.69) is 10.2 Å². The van der Waals surface area contributed by atoms with E-state index >= 15 is 0 Å². The highest BCUT2D eigenvalue weighted by atomic mass is 32.2. The van der Waals surface area contributed by atoms with Crippen LogP contribution < -0.4 is 0 Å². The molecule has 0 unspecified atom stereocenters. The van der Waals surface area contributed by atoms with Crippen molar-refractivity contribution in [2.45, 2.75) is 51.1 Å². The van der Waals surface area contributed by atoms with Crippen LogP contribution in [0.15, 0.2) is 23.1 Å². The van der Waals surface area contributed by atoms with Crippen molar-refractivity contribution in [2.24, 2.45) is 0 Å². The number of sulfonamides is 1. The van der Waals surface area contributed by atoms with Crippen molar-refractivity contribution in [1.82, 2.24) is 19.1 Å². The van der Waals surface area contributed by atoms with Gasteiger partial charge in [0.15, 0.2) is 0 Å². The minimum absolute atomic E-state index is 0.00625. The summed E-state index contributed by atoms with van der Waals surface area (Å²) in [5.41, 5.74) is 0.527. The second kappa shape index (κ2) is 5.93. The lowest BCUT2D eigenvalue weighted by molar-refractivity contribution is 0.285. The maximum absolute atomic E-state index is 13.5. The molecular weight excluding hydrogens is 331 g/mol. The van der Waals surface area contributed by atoms with E-state index in [0.717, 1.165) is 11.9 Å². The molecule has 0 aliphatic carbocycles. The van der Waals surface area contributed by atoms with E-state index in [9.17, 15) is 12.8 Å². The van der Waals surface area contributed by atoms with Crippen LogP contribution in [0, 0.1) is 12.7 Å². The van der Waals surface area contributed by atoms with Crippen LogP contribution in [0.4, 0.5) is 4.39 Å². The van der Waals surface area contributed by atoms with E-state index in [0.29, 0.717) is 17.9 Å². The normalized spacial score (nSPS) is 18.8. The number of fused-ring (bicyclic) bond motifs is 1. The van der Waals surface area contributed by atoms with Gasteiger partial charge in [-0.1, -0.05) is 19.9 Å². The Hall–Kier alpha value is -1.80. The summed E-state index contributed by atoms with van der Waals surface area (Å²) >= 11 is 0. The van der Waals surface area contributed by atoms with Gasteiger partial charge in [0, 0.05) is 18.5 Å². The molecule has 0 bridgehead atoms. The van der Waals surface area contributed by atoms with Gasteiger partial charge in [0.25, 0.3) is 0 Å². The molecule has 0 amide bonds. The summed E-state index contributed by atoms with van der Waals surface area (Å²) in [7, 11) is -3.79. The number of hydrogen-bond donors (Lipinski definition) is 0. The van der Waals surface area contributed by atoms with Crippen molar-refractivity contribution in [1.29, 1.82) is 0 Å². The molecule has 0 fully saturated rings. The van der Waals surface area contributed by atoms with Gasteiger partial charge in [-0.25, -0.2) is 12.8 Å². The molecule has 130 valence electrons. The minimum atomic E-state index is -3.79. The Bertz CT molecular complexity index is 876. The van der Waals surface area contributed by atoms with Crippen LogP contribution in [0.2, 0.25) is 0 Å². The first-order chi connectivity index (χ1) is 11.2. The van der Waals surface area contributed by atoms with Crippen molar-refractivity contribution in [3.8, 4) is 0 Å². The number of aryl methyl sites for hydroxylation is 1. The van der Waals surface area contributed by atoms with Crippen LogP contribution in [0.25, 0.3) is 0 Å². The number of halogens is 1. The molecule has 2 aromatic rings. The SMILES string of the molecule is Cc1ccc(F)cc1S(=O)(=O)N1Cc2nnc(C(C)C)n2[C@@H](C)C1. The van der Waals surface area contributed by atoms with Crippen LogP contribution >= 0.6 is 0 Å². The lowest BCUT2D eigenvalue weighted by atomic mass is 10.1. The van der Waals surface area contributed by atoms with Gasteiger partial charge in [-0.3, -0.25) is 0 Å². The van der Waals surface area contributed by atoms with Crippen LogP contribution in [0.5, 0.6) is 0 Å². The number of aromatic nitrogens is 3. The molecule has 0 saturated heterocycles. The maximum atomic E-state index is 13.5. The summed E-state index contributed by atoms with van der Waals surface area (Å²) in [6.45, 7) is 8.12. The first kappa shape index (κ1) is 17.0. The van der Waals surface area contributed by atoms with Crippen LogP contribution in [-0.4, -0.2) is 34.0 Å². The molecule has 1 aliphatic rings. The lowest BCUT2D eigenvalue weighted by Crippen LogP contribution is -2.41. The topological polar surface area (TPSA) is 68.1 Å². The molecule has 6 nitrogen and oxygen atoms in total. The molecule has 3 rings (SSSR count). The van der Waals surface area contributed by atoms with Gasteiger partial charge in [-0.15, -0.1) is 10.2 Å². The second-order valence-electron chi connectivity index (χ2n) is 6.56. The number of hydrogen-bond acceptors (Lipinski definition) is 4. The zero-order valence-electron chi connectivity index (χ0n) is 14.2. The summed E-state index contributed by atoms with van der Waals surface area (Å²) < 4.78 is 42.8. The third kappa shape index (κ3) is 2.73. The molecule has 0 N–H and O–H groups in total. The van der Waals surface area contributed by atoms with Crippen molar-refractivity contribution in [3.63, 3.8) is 0 Å². The Kier molecular flexibility index (Phi) is 4.21. The molecule has 8 heteroatoms. The Labute approximate surface area is 141 Å². The predicted octanol–water partition coefficient (Wildman–Crippen LogP) is 2.61. The Morgan fingerprint density at radius 2 is 2.00 bits per heavy atom. The van der Waals surface area contributed by atoms with Gasteiger partial charge in [0.1, 0.15) is 17.5 Å². The molecule has 0 spiro atoms. The monoisotopic (exact) mass is 352 g/mol. The van der Waals surface area contributed by atoms with Crippen molar-refractivity contribution in [2.75, 3.05) is 6.54 Å². The van der Waals surface area contributed by atoms with Crippen molar-refractivity contribution in [3.05, 3.63) is 41.2 Å². The van der Waals surface area contributed by atoms with Crippen molar-refractivity contribution < 1.29 is 12.8 Å². The summed E-state index contributed by atoms with van der Waals surface area (Å²) in [5.74, 6) is 1.13. The van der Waals surface area contributed by atoms with Crippen LogP contribution in [0.3, 0.4) is 0 Å². The second-order valence-corrected chi connectivity index (χ2v) is 8.46. The van der Waals surface area contributed by atoms with Gasteiger partial charge in [-0.05, 0) is 31.5 Å². The first-order valence-electron chi connectivity index (χ1n) is 7.91. The van der Waals surface area contributed by atoms with E-state index in [1.807, 2.05) is 25.3 Å². The average molecular weight is 352 g/mol. The standard InChI is InChI=1S/C16H21FN4O2S/c1-10(2)16-19-18-15-9-20(8-12(4)21(15)16)24(22,23)14-7-13(17)6-5-11(14)3/h5-7,10,12H,8-9H2,1-4H3/t12-/m0/s1. The van der Waals surface area contributed by atoms with Crippen LogP contribution in [0.1, 0.15) is 49.9 Å². The zero-order chi connectivity index (χ0) is 17.6. The average Bonchev–Trinajstić information content (AvgIpc) is 2.94. The molecule has 1 aromatic carbocycles. The fourth-order valence-corrected chi connectivity index (χ4v) is 4.80. The number of benzene rings is 1. The molecular formula is C16H21FN4O2S. The molecule has 0 saturated carbocycles. The van der Waals surface area contributed by atoms with E-state index in [1.165, 1.54) is 16.4 Å². The van der Waals surface area contributed by atoms with Gasteiger partial charge < -0.3 is 4.57 Å². The summed E-state index contributed by atoms with van der Waals surface area (Å²) in [5, 5.41) is 8.36. The highest BCUT2D eigenvalue weighted by Gasteiger charge is 2.35. The Morgan fingerprint density at radius 1 is 1.29 bits per heavy atom. The van der Waals surface area contributed by atoms with Crippen LogP contribution in [-0.2, 0) is 16.6 Å². The van der Waals surface area contributed by atoms with Crippen molar-refractivity contribution >= 4 is 10.0 Å².